The molecule has 3 N–H and O–H groups in total. The molecule has 0 heterocycles. The van der Waals surface area contributed by atoms with Crippen LogP contribution in [0, 0.1) is 5.92 Å². The van der Waals surface area contributed by atoms with Gasteiger partial charge < -0.3 is 15.7 Å². The standard InChI is InChI=1S/C10H18N2O2/c13-9-4-7(5-9)6-11-10(14)12-8-2-1-3-8/h7-9,13H,1-6H2,(H2,11,12,14). The van der Waals surface area contributed by atoms with E-state index in [1.54, 1.807) is 0 Å². The number of amides is 2. The summed E-state index contributed by atoms with van der Waals surface area (Å²) >= 11 is 0. The van der Waals surface area contributed by atoms with Gasteiger partial charge >= 0.3 is 6.03 Å². The van der Waals surface area contributed by atoms with E-state index in [0.717, 1.165) is 25.7 Å². The summed E-state index contributed by atoms with van der Waals surface area (Å²) in [6.07, 6.45) is 5.02. The van der Waals surface area contributed by atoms with Crippen molar-refractivity contribution in [1.82, 2.24) is 10.6 Å². The molecule has 0 aromatic carbocycles. The predicted octanol–water partition coefficient (Wildman–Crippen LogP) is 0.609. The van der Waals surface area contributed by atoms with Gasteiger partial charge in [-0.1, -0.05) is 0 Å². The van der Waals surface area contributed by atoms with Gasteiger partial charge in [0.1, 0.15) is 0 Å². The average Bonchev–Trinajstić information content (AvgIpc) is 2.03. The first-order chi connectivity index (χ1) is 6.74. The average molecular weight is 198 g/mol. The van der Waals surface area contributed by atoms with E-state index < -0.39 is 0 Å². The first kappa shape index (κ1) is 9.77. The molecular weight excluding hydrogens is 180 g/mol. The number of hydrogen-bond donors (Lipinski definition) is 3. The summed E-state index contributed by atoms with van der Waals surface area (Å²) in [6.45, 7) is 0.704. The third kappa shape index (κ3) is 2.38. The summed E-state index contributed by atoms with van der Waals surface area (Å²) in [6, 6.07) is 0.359. The zero-order valence-electron chi connectivity index (χ0n) is 8.33. The number of carbonyl (C=O) groups excluding carboxylic acids is 1. The first-order valence-corrected chi connectivity index (χ1v) is 5.46. The summed E-state index contributed by atoms with van der Waals surface area (Å²) < 4.78 is 0. The molecule has 80 valence electrons. The highest BCUT2D eigenvalue weighted by atomic mass is 16.3. The van der Waals surface area contributed by atoms with Gasteiger partial charge in [0.15, 0.2) is 0 Å². The molecule has 0 saturated heterocycles. The summed E-state index contributed by atoms with van der Waals surface area (Å²) in [5.41, 5.74) is 0. The predicted molar refractivity (Wildman–Crippen MR) is 52.9 cm³/mol. The van der Waals surface area contributed by atoms with E-state index in [-0.39, 0.29) is 12.1 Å². The Hall–Kier alpha value is -0.770. The maximum absolute atomic E-state index is 11.3. The van der Waals surface area contributed by atoms with Crippen molar-refractivity contribution in [3.05, 3.63) is 0 Å². The second kappa shape index (κ2) is 4.17. The lowest BCUT2D eigenvalue weighted by atomic mass is 9.82. The van der Waals surface area contributed by atoms with Gasteiger partial charge in [-0.15, -0.1) is 0 Å². The molecule has 2 aliphatic carbocycles. The van der Waals surface area contributed by atoms with Crippen LogP contribution < -0.4 is 10.6 Å². The molecule has 2 aliphatic rings. The van der Waals surface area contributed by atoms with Crippen molar-refractivity contribution < 1.29 is 9.90 Å². The van der Waals surface area contributed by atoms with Crippen LogP contribution in [0.1, 0.15) is 32.1 Å². The summed E-state index contributed by atoms with van der Waals surface area (Å²) in [4.78, 5) is 11.3. The highest BCUT2D eigenvalue weighted by Crippen LogP contribution is 2.26. The zero-order valence-corrected chi connectivity index (χ0v) is 8.33. The molecule has 0 aromatic heterocycles. The minimum Gasteiger partial charge on any atom is -0.393 e. The van der Waals surface area contributed by atoms with E-state index in [0.29, 0.717) is 18.5 Å². The SMILES string of the molecule is O=C(NCC1CC(O)C1)NC1CCC1. The summed E-state index contributed by atoms with van der Waals surface area (Å²) in [5.74, 6) is 0.483. The van der Waals surface area contributed by atoms with Crippen molar-refractivity contribution in [3.8, 4) is 0 Å². The fraction of sp³-hybridized carbons (Fsp3) is 0.900. The van der Waals surface area contributed by atoms with Crippen LogP contribution in [-0.4, -0.2) is 29.8 Å². The lowest BCUT2D eigenvalue weighted by molar-refractivity contribution is 0.0440. The monoisotopic (exact) mass is 198 g/mol. The second-order valence-corrected chi connectivity index (χ2v) is 4.47. The van der Waals surface area contributed by atoms with Crippen LogP contribution in [-0.2, 0) is 0 Å². The number of rotatable bonds is 3. The molecule has 2 amide bonds. The Morgan fingerprint density at radius 1 is 1.36 bits per heavy atom. The third-order valence-corrected chi connectivity index (χ3v) is 3.20. The van der Waals surface area contributed by atoms with Crippen molar-refractivity contribution in [1.29, 1.82) is 0 Å². The van der Waals surface area contributed by atoms with Crippen LogP contribution in [0.25, 0.3) is 0 Å². The van der Waals surface area contributed by atoms with E-state index >= 15 is 0 Å². The largest absolute Gasteiger partial charge is 0.393 e. The number of hydrogen-bond acceptors (Lipinski definition) is 2. The number of nitrogens with one attached hydrogen (secondary N) is 2. The molecule has 0 unspecified atom stereocenters. The molecule has 0 bridgehead atoms. The lowest BCUT2D eigenvalue weighted by Gasteiger charge is -2.32. The second-order valence-electron chi connectivity index (χ2n) is 4.47. The molecule has 2 fully saturated rings. The number of carbonyl (C=O) groups is 1. The minimum atomic E-state index is -0.128. The van der Waals surface area contributed by atoms with E-state index in [1.165, 1.54) is 6.42 Å². The Kier molecular flexibility index (Phi) is 2.91. The normalized spacial score (nSPS) is 31.5. The molecule has 0 atom stereocenters. The molecule has 0 aromatic rings. The quantitative estimate of drug-likeness (QED) is 0.622. The van der Waals surface area contributed by atoms with E-state index in [4.69, 9.17) is 5.11 Å². The molecule has 2 saturated carbocycles. The summed E-state index contributed by atoms with van der Waals surface area (Å²) in [7, 11) is 0. The van der Waals surface area contributed by atoms with Gasteiger partial charge in [0.2, 0.25) is 0 Å². The minimum absolute atomic E-state index is 0.0453. The molecule has 2 rings (SSSR count). The van der Waals surface area contributed by atoms with Gasteiger partial charge in [0.25, 0.3) is 0 Å². The van der Waals surface area contributed by atoms with E-state index in [2.05, 4.69) is 10.6 Å². The highest BCUT2D eigenvalue weighted by molar-refractivity contribution is 5.74. The van der Waals surface area contributed by atoms with Crippen molar-refractivity contribution in [2.24, 2.45) is 5.92 Å². The van der Waals surface area contributed by atoms with Crippen molar-refractivity contribution in [2.75, 3.05) is 6.54 Å². The van der Waals surface area contributed by atoms with Crippen LogP contribution >= 0.6 is 0 Å². The molecule has 0 aliphatic heterocycles. The highest BCUT2D eigenvalue weighted by Gasteiger charge is 2.27. The third-order valence-electron chi connectivity index (χ3n) is 3.20. The van der Waals surface area contributed by atoms with Crippen LogP contribution in [0.2, 0.25) is 0 Å². The number of aliphatic hydroxyl groups is 1. The Balaban J connectivity index is 1.53. The Labute approximate surface area is 84.1 Å². The molecule has 14 heavy (non-hydrogen) atoms. The molecule has 0 spiro atoms. The fourth-order valence-corrected chi connectivity index (χ4v) is 1.89. The van der Waals surface area contributed by atoms with Gasteiger partial charge in [0.05, 0.1) is 6.10 Å². The lowest BCUT2D eigenvalue weighted by Crippen LogP contribution is -2.47. The Morgan fingerprint density at radius 2 is 2.07 bits per heavy atom. The molecule has 4 nitrogen and oxygen atoms in total. The van der Waals surface area contributed by atoms with Crippen LogP contribution in [0.5, 0.6) is 0 Å². The van der Waals surface area contributed by atoms with E-state index in [9.17, 15) is 4.79 Å². The molecule has 0 radical (unpaired) electrons. The maximum atomic E-state index is 11.3. The van der Waals surface area contributed by atoms with Crippen molar-refractivity contribution >= 4 is 6.03 Å². The topological polar surface area (TPSA) is 61.4 Å². The van der Waals surface area contributed by atoms with Gasteiger partial charge in [-0.05, 0) is 38.0 Å². The van der Waals surface area contributed by atoms with E-state index in [1.807, 2.05) is 0 Å². The zero-order chi connectivity index (χ0) is 9.97. The van der Waals surface area contributed by atoms with Gasteiger partial charge in [-0.3, -0.25) is 0 Å². The van der Waals surface area contributed by atoms with Gasteiger partial charge in [-0.25, -0.2) is 4.79 Å². The van der Waals surface area contributed by atoms with Gasteiger partial charge in [-0.2, -0.15) is 0 Å². The number of urea groups is 1. The summed E-state index contributed by atoms with van der Waals surface area (Å²) in [5, 5.41) is 14.8. The Morgan fingerprint density at radius 3 is 2.57 bits per heavy atom. The van der Waals surface area contributed by atoms with Crippen LogP contribution in [0.15, 0.2) is 0 Å². The number of aliphatic hydroxyl groups excluding tert-OH is 1. The van der Waals surface area contributed by atoms with Crippen LogP contribution in [0.4, 0.5) is 4.79 Å². The van der Waals surface area contributed by atoms with Gasteiger partial charge in [0, 0.05) is 12.6 Å². The first-order valence-electron chi connectivity index (χ1n) is 5.46. The van der Waals surface area contributed by atoms with Crippen molar-refractivity contribution in [3.63, 3.8) is 0 Å². The van der Waals surface area contributed by atoms with Crippen LogP contribution in [0.3, 0.4) is 0 Å². The maximum Gasteiger partial charge on any atom is 0.315 e. The molecular formula is C10H18N2O2. The smallest absolute Gasteiger partial charge is 0.315 e. The van der Waals surface area contributed by atoms with Crippen molar-refractivity contribution in [2.45, 2.75) is 44.2 Å². The molecule has 4 heteroatoms. The fourth-order valence-electron chi connectivity index (χ4n) is 1.89. The Bertz CT molecular complexity index is 210.